The van der Waals surface area contributed by atoms with Gasteiger partial charge in [0.25, 0.3) is 5.56 Å². The molecule has 0 aliphatic carbocycles. The van der Waals surface area contributed by atoms with E-state index >= 15 is 0 Å². The molecule has 0 saturated carbocycles. The van der Waals surface area contributed by atoms with Crippen molar-refractivity contribution in [1.82, 2.24) is 4.98 Å². The second-order valence-corrected chi connectivity index (χ2v) is 6.08. The van der Waals surface area contributed by atoms with Crippen LogP contribution in [0, 0.1) is 17.1 Å². The van der Waals surface area contributed by atoms with E-state index in [4.69, 9.17) is 10.00 Å². The predicted molar refractivity (Wildman–Crippen MR) is 91.8 cm³/mol. The molecule has 4 nitrogen and oxygen atoms in total. The van der Waals surface area contributed by atoms with Crippen LogP contribution in [0.1, 0.15) is 11.1 Å². The minimum absolute atomic E-state index is 0.00111. The van der Waals surface area contributed by atoms with Crippen molar-refractivity contribution in [2.75, 3.05) is 7.11 Å². The molecule has 3 aromatic rings. The van der Waals surface area contributed by atoms with E-state index in [1.165, 1.54) is 30.0 Å². The number of aromatic amines is 1. The SMILES string of the molecule is COc1ccc(CSc2[nH]c(=O)c(C#N)c3ccc(F)cc23)cc1. The molecule has 0 radical (unpaired) electrons. The molecule has 6 heteroatoms. The number of nitrogens with one attached hydrogen (secondary N) is 1. The van der Waals surface area contributed by atoms with Crippen LogP contribution in [-0.4, -0.2) is 12.1 Å². The summed E-state index contributed by atoms with van der Waals surface area (Å²) in [5.41, 5.74) is 0.572. The molecule has 0 bridgehead atoms. The average Bonchev–Trinajstić information content (AvgIpc) is 2.60. The van der Waals surface area contributed by atoms with Gasteiger partial charge >= 0.3 is 0 Å². The predicted octanol–water partition coefficient (Wildman–Crippen LogP) is 3.84. The average molecular weight is 340 g/mol. The first kappa shape index (κ1) is 16.1. The van der Waals surface area contributed by atoms with Crippen molar-refractivity contribution in [3.63, 3.8) is 0 Å². The van der Waals surface area contributed by atoms with Crippen molar-refractivity contribution >= 4 is 22.5 Å². The summed E-state index contributed by atoms with van der Waals surface area (Å²) in [5, 5.41) is 10.7. The van der Waals surface area contributed by atoms with Gasteiger partial charge in [-0.2, -0.15) is 5.26 Å². The Hall–Kier alpha value is -2.78. The lowest BCUT2D eigenvalue weighted by Gasteiger charge is -2.08. The van der Waals surface area contributed by atoms with Crippen LogP contribution in [0.15, 0.2) is 52.3 Å². The Morgan fingerprint density at radius 1 is 1.21 bits per heavy atom. The van der Waals surface area contributed by atoms with E-state index in [9.17, 15) is 9.18 Å². The highest BCUT2D eigenvalue weighted by atomic mass is 32.2. The van der Waals surface area contributed by atoms with Gasteiger partial charge in [-0.05, 0) is 35.9 Å². The normalized spacial score (nSPS) is 10.5. The summed E-state index contributed by atoms with van der Waals surface area (Å²) >= 11 is 1.39. The first-order valence-electron chi connectivity index (χ1n) is 7.13. The van der Waals surface area contributed by atoms with Crippen molar-refractivity contribution in [1.29, 1.82) is 5.26 Å². The van der Waals surface area contributed by atoms with Crippen LogP contribution in [0.5, 0.6) is 5.75 Å². The Morgan fingerprint density at radius 2 is 1.96 bits per heavy atom. The number of fused-ring (bicyclic) bond motifs is 1. The van der Waals surface area contributed by atoms with Crippen molar-refractivity contribution in [2.45, 2.75) is 10.8 Å². The van der Waals surface area contributed by atoms with Crippen LogP contribution >= 0.6 is 11.8 Å². The molecule has 0 unspecified atom stereocenters. The summed E-state index contributed by atoms with van der Waals surface area (Å²) in [6.07, 6.45) is 0. The fraction of sp³-hybridized carbons (Fsp3) is 0.111. The number of benzene rings is 2. The molecule has 2 aromatic carbocycles. The molecule has 0 aliphatic heterocycles. The number of pyridine rings is 1. The number of hydrogen-bond acceptors (Lipinski definition) is 4. The lowest BCUT2D eigenvalue weighted by atomic mass is 10.1. The van der Waals surface area contributed by atoms with Gasteiger partial charge in [0.1, 0.15) is 23.2 Å². The first-order chi connectivity index (χ1) is 11.6. The highest BCUT2D eigenvalue weighted by Gasteiger charge is 2.12. The van der Waals surface area contributed by atoms with Crippen molar-refractivity contribution in [3.05, 3.63) is 69.8 Å². The van der Waals surface area contributed by atoms with Gasteiger partial charge in [-0.1, -0.05) is 12.1 Å². The Labute approximate surface area is 141 Å². The number of nitrogens with zero attached hydrogens (tertiary/aromatic N) is 1. The Kier molecular flexibility index (Phi) is 4.54. The monoisotopic (exact) mass is 340 g/mol. The van der Waals surface area contributed by atoms with Crippen molar-refractivity contribution < 1.29 is 9.13 Å². The second-order valence-electron chi connectivity index (χ2n) is 5.10. The Bertz CT molecular complexity index is 991. The van der Waals surface area contributed by atoms with Crippen LogP contribution in [0.25, 0.3) is 10.8 Å². The molecule has 0 atom stereocenters. The summed E-state index contributed by atoms with van der Waals surface area (Å²) in [7, 11) is 1.60. The molecule has 24 heavy (non-hydrogen) atoms. The molecule has 120 valence electrons. The summed E-state index contributed by atoms with van der Waals surface area (Å²) in [6, 6.07) is 13.5. The summed E-state index contributed by atoms with van der Waals surface area (Å²) in [5.74, 6) is 0.949. The molecular weight excluding hydrogens is 327 g/mol. The number of thioether (sulfide) groups is 1. The standard InChI is InChI=1S/C18H13FN2O2S/c1-23-13-5-2-11(3-6-13)10-24-18-15-8-12(19)4-7-14(15)16(9-20)17(22)21-18/h2-8H,10H2,1H3,(H,21,22). The number of nitriles is 1. The molecule has 1 aromatic heterocycles. The zero-order valence-electron chi connectivity index (χ0n) is 12.8. The topological polar surface area (TPSA) is 65.9 Å². The minimum Gasteiger partial charge on any atom is -0.497 e. The van der Waals surface area contributed by atoms with Crippen LogP contribution in [-0.2, 0) is 5.75 Å². The third-order valence-corrected chi connectivity index (χ3v) is 4.69. The Morgan fingerprint density at radius 3 is 2.62 bits per heavy atom. The minimum atomic E-state index is -0.464. The number of H-pyrrole nitrogens is 1. The molecule has 0 amide bonds. The van der Waals surface area contributed by atoms with Gasteiger partial charge in [-0.25, -0.2) is 4.39 Å². The van der Waals surface area contributed by atoms with Gasteiger partial charge < -0.3 is 9.72 Å². The number of halogens is 1. The van der Waals surface area contributed by atoms with Crippen LogP contribution < -0.4 is 10.3 Å². The van der Waals surface area contributed by atoms with E-state index in [0.29, 0.717) is 21.6 Å². The van der Waals surface area contributed by atoms with Gasteiger partial charge in [0, 0.05) is 16.5 Å². The quantitative estimate of drug-likeness (QED) is 0.733. The number of aromatic nitrogens is 1. The van der Waals surface area contributed by atoms with Gasteiger partial charge in [0.05, 0.1) is 12.1 Å². The lowest BCUT2D eigenvalue weighted by Crippen LogP contribution is -2.11. The zero-order valence-corrected chi connectivity index (χ0v) is 13.6. The zero-order chi connectivity index (χ0) is 17.1. The molecule has 0 spiro atoms. The lowest BCUT2D eigenvalue weighted by molar-refractivity contribution is 0.414. The van der Waals surface area contributed by atoms with Crippen LogP contribution in [0.2, 0.25) is 0 Å². The third kappa shape index (κ3) is 3.12. The highest BCUT2D eigenvalue weighted by molar-refractivity contribution is 7.98. The van der Waals surface area contributed by atoms with E-state index in [-0.39, 0.29) is 5.56 Å². The van der Waals surface area contributed by atoms with Crippen LogP contribution in [0.3, 0.4) is 0 Å². The van der Waals surface area contributed by atoms with E-state index in [1.807, 2.05) is 30.3 Å². The smallest absolute Gasteiger partial charge is 0.267 e. The number of ether oxygens (including phenoxy) is 1. The number of rotatable bonds is 4. The first-order valence-corrected chi connectivity index (χ1v) is 8.12. The van der Waals surface area contributed by atoms with Crippen molar-refractivity contribution in [3.8, 4) is 11.8 Å². The van der Waals surface area contributed by atoms with Gasteiger partial charge in [-0.3, -0.25) is 4.79 Å². The number of methoxy groups -OCH3 is 1. The molecule has 0 saturated heterocycles. The molecule has 1 N–H and O–H groups in total. The maximum Gasteiger partial charge on any atom is 0.267 e. The number of hydrogen-bond donors (Lipinski definition) is 1. The molecule has 0 fully saturated rings. The Balaban J connectivity index is 1.98. The maximum atomic E-state index is 13.6. The van der Waals surface area contributed by atoms with Gasteiger partial charge in [-0.15, -0.1) is 11.8 Å². The van der Waals surface area contributed by atoms with Gasteiger partial charge in [0.2, 0.25) is 0 Å². The highest BCUT2D eigenvalue weighted by Crippen LogP contribution is 2.29. The molecule has 1 heterocycles. The van der Waals surface area contributed by atoms with Gasteiger partial charge in [0.15, 0.2) is 0 Å². The van der Waals surface area contributed by atoms with E-state index < -0.39 is 11.4 Å². The fourth-order valence-corrected chi connectivity index (χ4v) is 3.37. The second kappa shape index (κ2) is 6.77. The van der Waals surface area contributed by atoms with Crippen LogP contribution in [0.4, 0.5) is 4.39 Å². The third-order valence-electron chi connectivity index (χ3n) is 3.60. The molecular formula is C18H13FN2O2S. The van der Waals surface area contributed by atoms with E-state index in [1.54, 1.807) is 7.11 Å². The molecule has 0 aliphatic rings. The van der Waals surface area contributed by atoms with E-state index in [2.05, 4.69) is 4.98 Å². The summed E-state index contributed by atoms with van der Waals surface area (Å²) in [4.78, 5) is 14.7. The summed E-state index contributed by atoms with van der Waals surface area (Å²) < 4.78 is 18.7. The van der Waals surface area contributed by atoms with E-state index in [0.717, 1.165) is 11.3 Å². The largest absolute Gasteiger partial charge is 0.497 e. The summed E-state index contributed by atoms with van der Waals surface area (Å²) in [6.45, 7) is 0. The van der Waals surface area contributed by atoms with Crippen molar-refractivity contribution in [2.24, 2.45) is 0 Å². The fourth-order valence-electron chi connectivity index (χ4n) is 2.38. The maximum absolute atomic E-state index is 13.6. The molecule has 3 rings (SSSR count).